The van der Waals surface area contributed by atoms with Crippen molar-refractivity contribution in [2.24, 2.45) is 0 Å². The fourth-order valence-electron chi connectivity index (χ4n) is 2.15. The van der Waals surface area contributed by atoms with Gasteiger partial charge >= 0.3 is 0 Å². The molecule has 0 amide bonds. The molecule has 0 aliphatic rings. The van der Waals surface area contributed by atoms with Crippen LogP contribution in [0, 0.1) is 0 Å². The van der Waals surface area contributed by atoms with Crippen LogP contribution in [-0.2, 0) is 0 Å². The van der Waals surface area contributed by atoms with Gasteiger partial charge in [0.1, 0.15) is 24.7 Å². The SMILES string of the molecule is Brc1c(OCCOc2ccccc2)ccc2ccccc12. The van der Waals surface area contributed by atoms with Crippen LogP contribution in [0.25, 0.3) is 10.8 Å². The van der Waals surface area contributed by atoms with Crippen molar-refractivity contribution in [3.63, 3.8) is 0 Å². The minimum Gasteiger partial charge on any atom is -0.490 e. The fraction of sp³-hybridized carbons (Fsp3) is 0.111. The maximum atomic E-state index is 5.79. The van der Waals surface area contributed by atoms with E-state index < -0.39 is 0 Å². The first-order valence-electron chi connectivity index (χ1n) is 6.82. The third-order valence-corrected chi connectivity index (χ3v) is 4.00. The molecule has 0 aromatic heterocycles. The molecule has 0 radical (unpaired) electrons. The van der Waals surface area contributed by atoms with Crippen LogP contribution < -0.4 is 9.47 Å². The maximum Gasteiger partial charge on any atom is 0.134 e. The molecule has 3 aromatic rings. The molecule has 0 bridgehead atoms. The molecule has 0 atom stereocenters. The second-order valence-electron chi connectivity index (χ2n) is 4.61. The molecule has 0 fully saturated rings. The predicted molar refractivity (Wildman–Crippen MR) is 89.1 cm³/mol. The summed E-state index contributed by atoms with van der Waals surface area (Å²) in [4.78, 5) is 0. The lowest BCUT2D eigenvalue weighted by atomic mass is 10.1. The normalized spacial score (nSPS) is 10.5. The van der Waals surface area contributed by atoms with E-state index in [2.05, 4.69) is 34.1 Å². The minimum atomic E-state index is 0.506. The van der Waals surface area contributed by atoms with Gasteiger partial charge in [0, 0.05) is 0 Å². The van der Waals surface area contributed by atoms with E-state index in [1.807, 2.05) is 48.5 Å². The van der Waals surface area contributed by atoms with E-state index in [1.54, 1.807) is 0 Å². The van der Waals surface area contributed by atoms with Gasteiger partial charge in [0.15, 0.2) is 0 Å². The fourth-order valence-corrected chi connectivity index (χ4v) is 2.76. The Kier molecular flexibility index (Phi) is 4.41. The first-order valence-corrected chi connectivity index (χ1v) is 7.62. The van der Waals surface area contributed by atoms with E-state index >= 15 is 0 Å². The van der Waals surface area contributed by atoms with Gasteiger partial charge in [-0.3, -0.25) is 0 Å². The zero-order valence-corrected chi connectivity index (χ0v) is 13.0. The highest BCUT2D eigenvalue weighted by atomic mass is 79.9. The molecular weight excluding hydrogens is 328 g/mol. The lowest BCUT2D eigenvalue weighted by Gasteiger charge is -2.11. The quantitative estimate of drug-likeness (QED) is 0.603. The number of rotatable bonds is 5. The molecule has 0 aliphatic carbocycles. The van der Waals surface area contributed by atoms with Crippen LogP contribution in [0.1, 0.15) is 0 Å². The lowest BCUT2D eigenvalue weighted by molar-refractivity contribution is 0.216. The van der Waals surface area contributed by atoms with Gasteiger partial charge in [-0.05, 0) is 44.9 Å². The van der Waals surface area contributed by atoms with Crippen LogP contribution in [0.15, 0.2) is 71.2 Å². The molecule has 106 valence electrons. The molecule has 0 N–H and O–H groups in total. The molecule has 0 unspecified atom stereocenters. The molecule has 3 heteroatoms. The molecule has 0 saturated carbocycles. The standard InChI is InChI=1S/C18H15BrO2/c19-18-16-9-5-4-6-14(16)10-11-17(18)21-13-12-20-15-7-2-1-3-8-15/h1-11H,12-13H2. The van der Waals surface area contributed by atoms with E-state index in [-0.39, 0.29) is 0 Å². The number of fused-ring (bicyclic) bond motifs is 1. The van der Waals surface area contributed by atoms with Gasteiger partial charge in [0.25, 0.3) is 0 Å². The van der Waals surface area contributed by atoms with Crippen molar-refractivity contribution in [1.82, 2.24) is 0 Å². The molecule has 0 aliphatic heterocycles. The van der Waals surface area contributed by atoms with E-state index in [0.29, 0.717) is 13.2 Å². The van der Waals surface area contributed by atoms with E-state index in [4.69, 9.17) is 9.47 Å². The third-order valence-electron chi connectivity index (χ3n) is 3.18. The molecule has 0 saturated heterocycles. The molecular formula is C18H15BrO2. The molecule has 2 nitrogen and oxygen atoms in total. The van der Waals surface area contributed by atoms with Crippen molar-refractivity contribution in [3.05, 3.63) is 71.2 Å². The Balaban J connectivity index is 1.62. The maximum absolute atomic E-state index is 5.79. The second kappa shape index (κ2) is 6.64. The highest BCUT2D eigenvalue weighted by molar-refractivity contribution is 9.10. The monoisotopic (exact) mass is 342 g/mol. The summed E-state index contributed by atoms with van der Waals surface area (Å²) in [5.74, 6) is 1.70. The Labute approximate surface area is 132 Å². The number of hydrogen-bond donors (Lipinski definition) is 0. The summed E-state index contributed by atoms with van der Waals surface area (Å²) < 4.78 is 12.4. The van der Waals surface area contributed by atoms with Crippen molar-refractivity contribution in [3.8, 4) is 11.5 Å². The van der Waals surface area contributed by atoms with Crippen molar-refractivity contribution in [1.29, 1.82) is 0 Å². The third kappa shape index (κ3) is 3.37. The largest absolute Gasteiger partial charge is 0.490 e. The summed E-state index contributed by atoms with van der Waals surface area (Å²) in [5.41, 5.74) is 0. The van der Waals surface area contributed by atoms with Crippen molar-refractivity contribution >= 4 is 26.7 Å². The number of para-hydroxylation sites is 1. The van der Waals surface area contributed by atoms with Crippen LogP contribution >= 0.6 is 15.9 Å². The van der Waals surface area contributed by atoms with Gasteiger partial charge in [-0.2, -0.15) is 0 Å². The van der Waals surface area contributed by atoms with Crippen LogP contribution in [0.3, 0.4) is 0 Å². The summed E-state index contributed by atoms with van der Waals surface area (Å²) in [6, 6.07) is 22.0. The molecule has 3 rings (SSSR count). The van der Waals surface area contributed by atoms with Crippen LogP contribution in [0.5, 0.6) is 11.5 Å². The summed E-state index contributed by atoms with van der Waals surface area (Å²) >= 11 is 3.61. The van der Waals surface area contributed by atoms with Crippen LogP contribution in [0.4, 0.5) is 0 Å². The summed E-state index contributed by atoms with van der Waals surface area (Å²) in [5, 5.41) is 2.34. The van der Waals surface area contributed by atoms with Crippen LogP contribution in [0.2, 0.25) is 0 Å². The van der Waals surface area contributed by atoms with Gasteiger partial charge in [-0.1, -0.05) is 48.5 Å². The number of benzene rings is 3. The van der Waals surface area contributed by atoms with E-state index in [0.717, 1.165) is 21.4 Å². The first kappa shape index (κ1) is 14.0. The number of ether oxygens (including phenoxy) is 2. The second-order valence-corrected chi connectivity index (χ2v) is 5.40. The molecule has 3 aromatic carbocycles. The highest BCUT2D eigenvalue weighted by Gasteiger charge is 2.05. The van der Waals surface area contributed by atoms with E-state index in [9.17, 15) is 0 Å². The topological polar surface area (TPSA) is 18.5 Å². The van der Waals surface area contributed by atoms with Crippen molar-refractivity contribution in [2.45, 2.75) is 0 Å². The summed E-state index contributed by atoms with van der Waals surface area (Å²) in [6.07, 6.45) is 0. The van der Waals surface area contributed by atoms with Gasteiger partial charge in [0.2, 0.25) is 0 Å². The van der Waals surface area contributed by atoms with Crippen molar-refractivity contribution < 1.29 is 9.47 Å². The average molecular weight is 343 g/mol. The Morgan fingerprint density at radius 1 is 0.714 bits per heavy atom. The Morgan fingerprint density at radius 2 is 1.43 bits per heavy atom. The predicted octanol–water partition coefficient (Wildman–Crippen LogP) is 5.06. The zero-order chi connectivity index (χ0) is 14.5. The number of hydrogen-bond acceptors (Lipinski definition) is 2. The highest BCUT2D eigenvalue weighted by Crippen LogP contribution is 2.32. The van der Waals surface area contributed by atoms with Gasteiger partial charge in [0.05, 0.1) is 4.47 Å². The average Bonchev–Trinajstić information content (AvgIpc) is 2.55. The van der Waals surface area contributed by atoms with Crippen molar-refractivity contribution in [2.75, 3.05) is 13.2 Å². The van der Waals surface area contributed by atoms with Crippen LogP contribution in [-0.4, -0.2) is 13.2 Å². The minimum absolute atomic E-state index is 0.506. The number of halogens is 1. The molecule has 0 heterocycles. The van der Waals surface area contributed by atoms with Gasteiger partial charge in [-0.25, -0.2) is 0 Å². The lowest BCUT2D eigenvalue weighted by Crippen LogP contribution is -2.09. The van der Waals surface area contributed by atoms with Gasteiger partial charge in [-0.15, -0.1) is 0 Å². The Hall–Kier alpha value is -2.00. The smallest absolute Gasteiger partial charge is 0.134 e. The Morgan fingerprint density at radius 3 is 2.29 bits per heavy atom. The van der Waals surface area contributed by atoms with Gasteiger partial charge < -0.3 is 9.47 Å². The summed E-state index contributed by atoms with van der Waals surface area (Å²) in [7, 11) is 0. The molecule has 0 spiro atoms. The summed E-state index contributed by atoms with van der Waals surface area (Å²) in [6.45, 7) is 1.02. The van der Waals surface area contributed by atoms with E-state index in [1.165, 1.54) is 5.39 Å². The first-order chi connectivity index (χ1) is 10.3. The Bertz CT molecular complexity index is 726. The molecule has 21 heavy (non-hydrogen) atoms. The zero-order valence-electron chi connectivity index (χ0n) is 11.5.